The molecule has 2 fully saturated rings. The van der Waals surface area contributed by atoms with E-state index in [0.717, 1.165) is 19.6 Å². The molecule has 3 heteroatoms. The summed E-state index contributed by atoms with van der Waals surface area (Å²) in [6.07, 6.45) is 5.11. The molecule has 1 saturated heterocycles. The second kappa shape index (κ2) is 4.74. The smallest absolute Gasteiger partial charge is 0.224 e. The van der Waals surface area contributed by atoms with Gasteiger partial charge in [-0.3, -0.25) is 4.79 Å². The SMILES string of the molecule is CCCC1(CNC(=O)[C@@H]2CNC[C@H]2C)CC1. The standard InChI is InChI=1S/C13H24N2O/c1-3-4-13(5-6-13)9-15-12(16)11-8-14-7-10(11)2/h10-11,14H,3-9H2,1-2H3,(H,15,16)/t10-,11-/m1/s1. The zero-order valence-corrected chi connectivity index (χ0v) is 10.5. The van der Waals surface area contributed by atoms with E-state index in [1.807, 2.05) is 0 Å². The maximum Gasteiger partial charge on any atom is 0.224 e. The van der Waals surface area contributed by atoms with Gasteiger partial charge in [0.15, 0.2) is 0 Å². The van der Waals surface area contributed by atoms with Crippen LogP contribution >= 0.6 is 0 Å². The van der Waals surface area contributed by atoms with Crippen molar-refractivity contribution in [3.63, 3.8) is 0 Å². The molecule has 1 aliphatic carbocycles. The van der Waals surface area contributed by atoms with E-state index in [2.05, 4.69) is 24.5 Å². The van der Waals surface area contributed by atoms with Gasteiger partial charge >= 0.3 is 0 Å². The minimum Gasteiger partial charge on any atom is -0.355 e. The first-order valence-electron chi connectivity index (χ1n) is 6.65. The first-order valence-corrected chi connectivity index (χ1v) is 6.65. The summed E-state index contributed by atoms with van der Waals surface area (Å²) in [5.41, 5.74) is 0.472. The van der Waals surface area contributed by atoms with Gasteiger partial charge in [-0.2, -0.15) is 0 Å². The molecule has 2 rings (SSSR count). The Kier molecular flexibility index (Phi) is 3.53. The zero-order chi connectivity index (χ0) is 11.6. The minimum absolute atomic E-state index is 0.192. The maximum atomic E-state index is 12.0. The average Bonchev–Trinajstić information content (AvgIpc) is 2.89. The van der Waals surface area contributed by atoms with Crippen LogP contribution in [0.3, 0.4) is 0 Å². The van der Waals surface area contributed by atoms with Gasteiger partial charge in [0.2, 0.25) is 5.91 Å². The van der Waals surface area contributed by atoms with E-state index < -0.39 is 0 Å². The normalized spacial score (nSPS) is 31.4. The van der Waals surface area contributed by atoms with Crippen molar-refractivity contribution in [3.05, 3.63) is 0 Å². The van der Waals surface area contributed by atoms with Gasteiger partial charge in [0.25, 0.3) is 0 Å². The van der Waals surface area contributed by atoms with Crippen molar-refractivity contribution in [2.45, 2.75) is 39.5 Å². The molecule has 0 aromatic rings. The lowest BCUT2D eigenvalue weighted by Crippen LogP contribution is -2.37. The van der Waals surface area contributed by atoms with Gasteiger partial charge < -0.3 is 10.6 Å². The maximum absolute atomic E-state index is 12.0. The summed E-state index contributed by atoms with van der Waals surface area (Å²) in [5, 5.41) is 6.44. The Morgan fingerprint density at radius 1 is 1.44 bits per heavy atom. The van der Waals surface area contributed by atoms with Crippen LogP contribution in [0.25, 0.3) is 0 Å². The fraction of sp³-hybridized carbons (Fsp3) is 0.923. The van der Waals surface area contributed by atoms with Gasteiger partial charge in [-0.1, -0.05) is 20.3 Å². The van der Waals surface area contributed by atoms with Gasteiger partial charge in [0.05, 0.1) is 5.92 Å². The summed E-state index contributed by atoms with van der Waals surface area (Å²) in [4.78, 5) is 12.0. The molecule has 0 aromatic heterocycles. The molecule has 2 N–H and O–H groups in total. The first-order chi connectivity index (χ1) is 7.67. The van der Waals surface area contributed by atoms with Gasteiger partial charge in [-0.15, -0.1) is 0 Å². The molecular weight excluding hydrogens is 200 g/mol. The number of hydrogen-bond donors (Lipinski definition) is 2. The third-order valence-electron chi connectivity index (χ3n) is 4.23. The van der Waals surface area contributed by atoms with E-state index in [1.165, 1.54) is 25.7 Å². The Balaban J connectivity index is 1.75. The van der Waals surface area contributed by atoms with Gasteiger partial charge in [-0.25, -0.2) is 0 Å². The molecule has 3 nitrogen and oxygen atoms in total. The summed E-state index contributed by atoms with van der Waals surface area (Å²) in [6, 6.07) is 0. The van der Waals surface area contributed by atoms with Crippen molar-refractivity contribution >= 4 is 5.91 Å². The fourth-order valence-electron chi connectivity index (χ4n) is 2.79. The summed E-state index contributed by atoms with van der Waals surface area (Å²) in [6.45, 7) is 7.13. The van der Waals surface area contributed by atoms with Crippen molar-refractivity contribution in [2.24, 2.45) is 17.3 Å². The van der Waals surface area contributed by atoms with Crippen LogP contribution < -0.4 is 10.6 Å². The van der Waals surface area contributed by atoms with Crippen LogP contribution in [0.15, 0.2) is 0 Å². The highest BCUT2D eigenvalue weighted by Crippen LogP contribution is 2.48. The van der Waals surface area contributed by atoms with Crippen LogP contribution in [0.4, 0.5) is 0 Å². The Morgan fingerprint density at radius 2 is 2.19 bits per heavy atom. The lowest BCUT2D eigenvalue weighted by Gasteiger charge is -2.18. The minimum atomic E-state index is 0.192. The molecule has 2 atom stereocenters. The van der Waals surface area contributed by atoms with Gasteiger partial charge in [0, 0.05) is 13.1 Å². The molecule has 0 radical (unpaired) electrons. The average molecular weight is 224 g/mol. The molecule has 2 aliphatic rings. The Hall–Kier alpha value is -0.570. The lowest BCUT2D eigenvalue weighted by atomic mass is 9.96. The monoisotopic (exact) mass is 224 g/mol. The predicted octanol–water partition coefficient (Wildman–Crippen LogP) is 1.54. The lowest BCUT2D eigenvalue weighted by molar-refractivity contribution is -0.125. The third kappa shape index (κ3) is 2.57. The second-order valence-electron chi connectivity index (χ2n) is 5.71. The largest absolute Gasteiger partial charge is 0.355 e. The molecule has 0 unspecified atom stereocenters. The molecule has 0 bridgehead atoms. The van der Waals surface area contributed by atoms with Crippen molar-refractivity contribution in [1.82, 2.24) is 10.6 Å². The Morgan fingerprint density at radius 3 is 2.69 bits per heavy atom. The Labute approximate surface area is 98.4 Å². The van der Waals surface area contributed by atoms with E-state index in [0.29, 0.717) is 11.3 Å². The quantitative estimate of drug-likeness (QED) is 0.743. The molecule has 1 saturated carbocycles. The number of carbonyl (C=O) groups is 1. The van der Waals surface area contributed by atoms with E-state index in [-0.39, 0.29) is 11.8 Å². The van der Waals surface area contributed by atoms with E-state index in [4.69, 9.17) is 0 Å². The number of carbonyl (C=O) groups excluding carboxylic acids is 1. The van der Waals surface area contributed by atoms with Crippen LogP contribution in [0.5, 0.6) is 0 Å². The van der Waals surface area contributed by atoms with Crippen LogP contribution in [-0.2, 0) is 4.79 Å². The molecule has 0 aromatic carbocycles. The highest BCUT2D eigenvalue weighted by Gasteiger charge is 2.42. The Bertz CT molecular complexity index is 261. The zero-order valence-electron chi connectivity index (χ0n) is 10.5. The molecular formula is C13H24N2O. The van der Waals surface area contributed by atoms with Crippen molar-refractivity contribution in [3.8, 4) is 0 Å². The highest BCUT2D eigenvalue weighted by molar-refractivity contribution is 5.79. The highest BCUT2D eigenvalue weighted by atomic mass is 16.1. The molecule has 0 spiro atoms. The molecule has 16 heavy (non-hydrogen) atoms. The number of amides is 1. The summed E-state index contributed by atoms with van der Waals surface area (Å²) >= 11 is 0. The van der Waals surface area contributed by atoms with Crippen molar-refractivity contribution in [1.29, 1.82) is 0 Å². The fourth-order valence-corrected chi connectivity index (χ4v) is 2.79. The molecule has 1 heterocycles. The molecule has 92 valence electrons. The van der Waals surface area contributed by atoms with Crippen LogP contribution in [0, 0.1) is 17.3 Å². The van der Waals surface area contributed by atoms with Crippen LogP contribution in [0.1, 0.15) is 39.5 Å². The summed E-state index contributed by atoms with van der Waals surface area (Å²) in [5.74, 6) is 0.943. The third-order valence-corrected chi connectivity index (χ3v) is 4.23. The predicted molar refractivity (Wildman–Crippen MR) is 65.1 cm³/mol. The van der Waals surface area contributed by atoms with Crippen LogP contribution in [0.2, 0.25) is 0 Å². The number of hydrogen-bond acceptors (Lipinski definition) is 2. The van der Waals surface area contributed by atoms with Gasteiger partial charge in [0.1, 0.15) is 0 Å². The summed E-state index contributed by atoms with van der Waals surface area (Å²) in [7, 11) is 0. The van der Waals surface area contributed by atoms with E-state index >= 15 is 0 Å². The summed E-state index contributed by atoms with van der Waals surface area (Å²) < 4.78 is 0. The second-order valence-corrected chi connectivity index (χ2v) is 5.71. The molecule has 1 aliphatic heterocycles. The molecule has 1 amide bonds. The first kappa shape index (κ1) is 11.9. The number of nitrogens with one attached hydrogen (secondary N) is 2. The van der Waals surface area contributed by atoms with Crippen molar-refractivity contribution < 1.29 is 4.79 Å². The van der Waals surface area contributed by atoms with E-state index in [1.54, 1.807) is 0 Å². The van der Waals surface area contributed by atoms with Crippen LogP contribution in [-0.4, -0.2) is 25.5 Å². The van der Waals surface area contributed by atoms with Crippen molar-refractivity contribution in [2.75, 3.05) is 19.6 Å². The van der Waals surface area contributed by atoms with Gasteiger partial charge in [-0.05, 0) is 37.1 Å². The topological polar surface area (TPSA) is 41.1 Å². The number of rotatable bonds is 5. The van der Waals surface area contributed by atoms with E-state index in [9.17, 15) is 4.79 Å².